The molecule has 2 heterocycles. The second kappa shape index (κ2) is 11.1. The van der Waals surface area contributed by atoms with Crippen LogP contribution >= 0.6 is 0 Å². The van der Waals surface area contributed by atoms with Crippen LogP contribution in [-0.2, 0) is 28.7 Å². The van der Waals surface area contributed by atoms with Crippen molar-refractivity contribution in [3.05, 3.63) is 0 Å². The molecule has 9 nitrogen and oxygen atoms in total. The minimum Gasteiger partial charge on any atom is -0.465 e. The Balaban J connectivity index is 2.27. The lowest BCUT2D eigenvalue weighted by atomic mass is 10.0. The summed E-state index contributed by atoms with van der Waals surface area (Å²) in [4.78, 5) is 51.8. The summed E-state index contributed by atoms with van der Waals surface area (Å²) in [6, 6.07) is -2.29. The highest BCUT2D eigenvalue weighted by atomic mass is 16.6. The number of rotatable bonds is 8. The van der Waals surface area contributed by atoms with E-state index in [1.165, 1.54) is 10.0 Å². The smallest absolute Gasteiger partial charge is 0.331 e. The van der Waals surface area contributed by atoms with Crippen LogP contribution in [0.2, 0.25) is 0 Å². The van der Waals surface area contributed by atoms with Crippen LogP contribution in [0.4, 0.5) is 0 Å². The molecule has 0 aliphatic carbocycles. The first-order valence-corrected chi connectivity index (χ1v) is 11.7. The van der Waals surface area contributed by atoms with E-state index in [0.29, 0.717) is 31.7 Å². The van der Waals surface area contributed by atoms with Crippen LogP contribution in [0.3, 0.4) is 0 Å². The Hall–Kier alpha value is -2.16. The molecule has 0 radical (unpaired) electrons. The van der Waals surface area contributed by atoms with E-state index < -0.39 is 35.7 Å². The van der Waals surface area contributed by atoms with Gasteiger partial charge in [-0.2, -0.15) is 0 Å². The molecule has 0 aromatic carbocycles. The molecule has 2 aliphatic heterocycles. The molecule has 9 heteroatoms. The van der Waals surface area contributed by atoms with Crippen molar-refractivity contribution in [2.24, 2.45) is 5.92 Å². The van der Waals surface area contributed by atoms with Crippen LogP contribution in [0.5, 0.6) is 0 Å². The second-order valence-electron chi connectivity index (χ2n) is 9.92. The van der Waals surface area contributed by atoms with Crippen LogP contribution in [0.1, 0.15) is 80.1 Å². The number of hydrogen-bond acceptors (Lipinski definition) is 7. The lowest BCUT2D eigenvalue weighted by molar-refractivity contribution is -0.188. The fourth-order valence-corrected chi connectivity index (χ4v) is 4.03. The Labute approximate surface area is 191 Å². The van der Waals surface area contributed by atoms with Gasteiger partial charge in [0.15, 0.2) is 6.04 Å². The van der Waals surface area contributed by atoms with Crippen LogP contribution in [0, 0.1) is 5.92 Å². The Morgan fingerprint density at radius 2 is 1.84 bits per heavy atom. The molecule has 2 fully saturated rings. The van der Waals surface area contributed by atoms with E-state index >= 15 is 0 Å². The number of nitrogens with zero attached hydrogens (tertiary/aromatic N) is 2. The highest BCUT2D eigenvalue weighted by molar-refractivity contribution is 5.92. The standard InChI is InChI=1S/C23H39N3O6/c1-7-31-21(29)17(11-10-15(2)3)24-16-12-13-19(27)25-14-8-9-18(26(25)20(16)28)22(30)32-23(4,5)6/h15-18,24H,7-14H2,1-6H3. The zero-order valence-corrected chi connectivity index (χ0v) is 20.3. The summed E-state index contributed by atoms with van der Waals surface area (Å²) in [6.45, 7) is 11.8. The van der Waals surface area contributed by atoms with Crippen molar-refractivity contribution in [1.29, 1.82) is 0 Å². The van der Waals surface area contributed by atoms with Crippen molar-refractivity contribution in [3.8, 4) is 0 Å². The quantitative estimate of drug-likeness (QED) is 0.562. The summed E-state index contributed by atoms with van der Waals surface area (Å²) < 4.78 is 10.7. The zero-order valence-electron chi connectivity index (χ0n) is 20.3. The van der Waals surface area contributed by atoms with Crippen LogP contribution in [-0.4, -0.2) is 70.6 Å². The lowest BCUT2D eigenvalue weighted by Gasteiger charge is -2.43. The molecule has 0 saturated carbocycles. The maximum atomic E-state index is 13.6. The van der Waals surface area contributed by atoms with Crippen LogP contribution < -0.4 is 5.32 Å². The average Bonchev–Trinajstić information content (AvgIpc) is 2.81. The minimum absolute atomic E-state index is 0.153. The maximum Gasteiger partial charge on any atom is 0.331 e. The van der Waals surface area contributed by atoms with Gasteiger partial charge in [0.2, 0.25) is 5.91 Å². The van der Waals surface area contributed by atoms with Crippen molar-refractivity contribution < 1.29 is 28.7 Å². The Morgan fingerprint density at radius 1 is 1.16 bits per heavy atom. The summed E-state index contributed by atoms with van der Waals surface area (Å²) in [5.74, 6) is -1.13. The first-order chi connectivity index (χ1) is 14.9. The molecule has 0 spiro atoms. The molecule has 182 valence electrons. The van der Waals surface area contributed by atoms with Gasteiger partial charge in [0.1, 0.15) is 11.6 Å². The fraction of sp³-hybridized carbons (Fsp3) is 0.826. The van der Waals surface area contributed by atoms with E-state index in [1.807, 2.05) is 0 Å². The predicted molar refractivity (Wildman–Crippen MR) is 118 cm³/mol. The van der Waals surface area contributed by atoms with Crippen molar-refractivity contribution in [1.82, 2.24) is 15.3 Å². The molecule has 1 N–H and O–H groups in total. The van der Waals surface area contributed by atoms with Gasteiger partial charge in [0.05, 0.1) is 12.6 Å². The third-order valence-electron chi connectivity index (χ3n) is 5.55. The van der Waals surface area contributed by atoms with Crippen LogP contribution in [0.15, 0.2) is 0 Å². The molecule has 2 saturated heterocycles. The second-order valence-corrected chi connectivity index (χ2v) is 9.92. The van der Waals surface area contributed by atoms with Gasteiger partial charge in [-0.05, 0) is 65.7 Å². The summed E-state index contributed by atoms with van der Waals surface area (Å²) in [6.07, 6.45) is 2.74. The monoisotopic (exact) mass is 453 g/mol. The normalized spacial score (nSPS) is 23.0. The van der Waals surface area contributed by atoms with E-state index in [1.54, 1.807) is 27.7 Å². The van der Waals surface area contributed by atoms with Gasteiger partial charge in [0.25, 0.3) is 5.91 Å². The Bertz CT molecular complexity index is 702. The molecule has 2 rings (SSSR count). The van der Waals surface area contributed by atoms with Gasteiger partial charge < -0.3 is 9.47 Å². The predicted octanol–water partition coefficient (Wildman–Crippen LogP) is 2.18. The van der Waals surface area contributed by atoms with Crippen LogP contribution in [0.25, 0.3) is 0 Å². The summed E-state index contributed by atoms with van der Waals surface area (Å²) in [5, 5.41) is 5.81. The Morgan fingerprint density at radius 3 is 2.44 bits per heavy atom. The molecular formula is C23H39N3O6. The number of hydrogen-bond donors (Lipinski definition) is 1. The van der Waals surface area contributed by atoms with Gasteiger partial charge >= 0.3 is 11.9 Å². The van der Waals surface area contributed by atoms with Gasteiger partial charge in [-0.1, -0.05) is 13.8 Å². The average molecular weight is 454 g/mol. The number of ether oxygens (including phenoxy) is 2. The van der Waals surface area contributed by atoms with E-state index in [4.69, 9.17) is 9.47 Å². The number of carbonyl (C=O) groups excluding carboxylic acids is 4. The maximum absolute atomic E-state index is 13.6. The topological polar surface area (TPSA) is 105 Å². The van der Waals surface area contributed by atoms with E-state index in [-0.39, 0.29) is 31.3 Å². The summed E-state index contributed by atoms with van der Waals surface area (Å²) in [7, 11) is 0. The van der Waals surface area contributed by atoms with E-state index in [2.05, 4.69) is 19.2 Å². The van der Waals surface area contributed by atoms with Crippen molar-refractivity contribution in [2.75, 3.05) is 13.2 Å². The first kappa shape index (κ1) is 26.1. The fourth-order valence-electron chi connectivity index (χ4n) is 4.03. The minimum atomic E-state index is -0.862. The molecule has 2 aliphatic rings. The largest absolute Gasteiger partial charge is 0.465 e. The summed E-state index contributed by atoms with van der Waals surface area (Å²) in [5.41, 5.74) is -0.707. The number of hydrazine groups is 1. The highest BCUT2D eigenvalue weighted by Gasteiger charge is 2.46. The number of fused-ring (bicyclic) bond motifs is 1. The van der Waals surface area contributed by atoms with Crippen molar-refractivity contribution in [2.45, 2.75) is 104 Å². The van der Waals surface area contributed by atoms with Crippen molar-refractivity contribution in [3.63, 3.8) is 0 Å². The zero-order chi connectivity index (χ0) is 24.1. The van der Waals surface area contributed by atoms with E-state index in [9.17, 15) is 19.2 Å². The van der Waals surface area contributed by atoms with E-state index in [0.717, 1.165) is 6.42 Å². The first-order valence-electron chi connectivity index (χ1n) is 11.7. The molecule has 32 heavy (non-hydrogen) atoms. The SMILES string of the molecule is CCOC(=O)C(CCC(C)C)NC1CCC(=O)N2CCCC(C(=O)OC(C)(C)C)N2C1=O. The summed E-state index contributed by atoms with van der Waals surface area (Å²) >= 11 is 0. The highest BCUT2D eigenvalue weighted by Crippen LogP contribution is 2.27. The molecule has 0 bridgehead atoms. The molecule has 0 aromatic rings. The third kappa shape index (κ3) is 6.92. The van der Waals surface area contributed by atoms with Gasteiger partial charge in [-0.15, -0.1) is 0 Å². The van der Waals surface area contributed by atoms with Gasteiger partial charge in [-0.3, -0.25) is 24.7 Å². The van der Waals surface area contributed by atoms with Crippen molar-refractivity contribution >= 4 is 23.8 Å². The molecule has 3 atom stereocenters. The number of esters is 2. The third-order valence-corrected chi connectivity index (χ3v) is 5.55. The number of nitrogens with one attached hydrogen (secondary N) is 1. The van der Waals surface area contributed by atoms with Gasteiger partial charge in [-0.25, -0.2) is 9.80 Å². The molecule has 0 aromatic heterocycles. The molecular weight excluding hydrogens is 414 g/mol. The molecule has 2 amide bonds. The van der Waals surface area contributed by atoms with Gasteiger partial charge in [0, 0.05) is 13.0 Å². The molecule has 3 unspecified atom stereocenters. The lowest BCUT2D eigenvalue weighted by Crippen LogP contribution is -2.63. The number of amides is 2. The Kier molecular flexibility index (Phi) is 9.07. The number of carbonyl (C=O) groups is 4.